The zero-order chi connectivity index (χ0) is 12.7. The van der Waals surface area contributed by atoms with Gasteiger partial charge in [-0.1, -0.05) is 0 Å². The van der Waals surface area contributed by atoms with Crippen molar-refractivity contribution >= 4 is 12.0 Å². The number of aliphatic hydroxyl groups excluding tert-OH is 1. The first kappa shape index (κ1) is 14.7. The van der Waals surface area contributed by atoms with Crippen LogP contribution in [0.4, 0.5) is 4.79 Å². The van der Waals surface area contributed by atoms with Crippen LogP contribution in [0.5, 0.6) is 0 Å². The van der Waals surface area contributed by atoms with Crippen molar-refractivity contribution < 1.29 is 19.8 Å². The maximum absolute atomic E-state index is 11.6. The molecule has 1 unspecified atom stereocenters. The molecule has 16 heavy (non-hydrogen) atoms. The summed E-state index contributed by atoms with van der Waals surface area (Å²) < 4.78 is 0. The van der Waals surface area contributed by atoms with E-state index in [2.05, 4.69) is 5.32 Å². The molecule has 94 valence electrons. The van der Waals surface area contributed by atoms with E-state index in [4.69, 9.17) is 10.2 Å². The number of carboxylic acid groups (broad SMARTS) is 1. The van der Waals surface area contributed by atoms with E-state index in [0.29, 0.717) is 6.54 Å². The number of carbonyl (C=O) groups excluding carboxylic acids is 1. The van der Waals surface area contributed by atoms with Crippen molar-refractivity contribution in [1.29, 1.82) is 0 Å². The molecule has 0 rings (SSSR count). The fraction of sp³-hybridized carbons (Fsp3) is 0.800. The second-order valence-electron chi connectivity index (χ2n) is 3.75. The Morgan fingerprint density at radius 1 is 1.38 bits per heavy atom. The number of aliphatic hydroxyl groups is 1. The van der Waals surface area contributed by atoms with E-state index < -0.39 is 12.1 Å². The van der Waals surface area contributed by atoms with Gasteiger partial charge in [0.25, 0.3) is 0 Å². The summed E-state index contributed by atoms with van der Waals surface area (Å²) in [6, 6.07) is -0.149. The van der Waals surface area contributed by atoms with Crippen LogP contribution >= 0.6 is 0 Å². The monoisotopic (exact) mass is 232 g/mol. The van der Waals surface area contributed by atoms with Gasteiger partial charge in [0, 0.05) is 25.6 Å². The number of nitrogens with one attached hydrogen (secondary N) is 1. The van der Waals surface area contributed by atoms with Gasteiger partial charge in [0.2, 0.25) is 0 Å². The fourth-order valence-electron chi connectivity index (χ4n) is 1.28. The highest BCUT2D eigenvalue weighted by atomic mass is 16.4. The van der Waals surface area contributed by atoms with E-state index in [1.165, 1.54) is 0 Å². The molecule has 0 aliphatic heterocycles. The van der Waals surface area contributed by atoms with Gasteiger partial charge in [-0.15, -0.1) is 0 Å². The lowest BCUT2D eigenvalue weighted by atomic mass is 10.2. The minimum atomic E-state index is -1.42. The summed E-state index contributed by atoms with van der Waals surface area (Å²) in [7, 11) is 0. The lowest BCUT2D eigenvalue weighted by Gasteiger charge is -2.25. The number of hydrogen-bond donors (Lipinski definition) is 3. The number of hydrogen-bond acceptors (Lipinski definition) is 3. The Labute approximate surface area is 95.2 Å². The van der Waals surface area contributed by atoms with Crippen molar-refractivity contribution in [2.45, 2.75) is 39.3 Å². The number of urea groups is 1. The molecule has 0 aromatic rings. The zero-order valence-electron chi connectivity index (χ0n) is 9.93. The molecule has 0 aromatic heterocycles. The van der Waals surface area contributed by atoms with Crippen LogP contribution in [0.3, 0.4) is 0 Å². The van der Waals surface area contributed by atoms with Gasteiger partial charge in [-0.05, 0) is 20.8 Å². The van der Waals surface area contributed by atoms with Crippen molar-refractivity contribution in [1.82, 2.24) is 10.2 Å². The molecule has 2 amide bonds. The number of carbonyl (C=O) groups is 2. The lowest BCUT2D eigenvalue weighted by Crippen LogP contribution is -2.44. The molecule has 6 nitrogen and oxygen atoms in total. The molecule has 0 saturated carbocycles. The van der Waals surface area contributed by atoms with Crippen molar-refractivity contribution in [3.63, 3.8) is 0 Å². The van der Waals surface area contributed by atoms with E-state index >= 15 is 0 Å². The number of aliphatic carboxylic acids is 1. The molecule has 0 saturated heterocycles. The predicted molar refractivity (Wildman–Crippen MR) is 59.2 cm³/mol. The number of nitrogens with zero attached hydrogens (tertiary/aromatic N) is 1. The first-order chi connectivity index (χ1) is 7.40. The quantitative estimate of drug-likeness (QED) is 0.613. The summed E-state index contributed by atoms with van der Waals surface area (Å²) in [6.45, 7) is 6.40. The third-order valence-electron chi connectivity index (χ3n) is 2.20. The Kier molecular flexibility index (Phi) is 6.48. The number of amides is 2. The van der Waals surface area contributed by atoms with Crippen LogP contribution in [0.25, 0.3) is 0 Å². The van der Waals surface area contributed by atoms with Gasteiger partial charge < -0.3 is 20.4 Å². The molecule has 0 fully saturated rings. The number of rotatable bonds is 6. The van der Waals surface area contributed by atoms with E-state index in [9.17, 15) is 9.59 Å². The Bertz CT molecular complexity index is 243. The molecular weight excluding hydrogens is 212 g/mol. The van der Waals surface area contributed by atoms with Gasteiger partial charge in [0.15, 0.2) is 6.10 Å². The Balaban J connectivity index is 3.93. The first-order valence-electron chi connectivity index (χ1n) is 5.35. The van der Waals surface area contributed by atoms with Crippen LogP contribution in [0.2, 0.25) is 0 Å². The standard InChI is InChI=1S/C10H20N2O4/c1-4-12(7(2)3)10(16)11-6-5-8(13)9(14)15/h7-8,13H,4-6H2,1-3H3,(H,11,16)(H,14,15). The molecule has 1 atom stereocenters. The molecule has 0 aromatic carbocycles. The Morgan fingerprint density at radius 3 is 2.31 bits per heavy atom. The molecule has 6 heteroatoms. The Morgan fingerprint density at radius 2 is 1.94 bits per heavy atom. The second kappa shape index (κ2) is 7.05. The maximum Gasteiger partial charge on any atom is 0.332 e. The third-order valence-corrected chi connectivity index (χ3v) is 2.20. The highest BCUT2D eigenvalue weighted by Gasteiger charge is 2.16. The van der Waals surface area contributed by atoms with Gasteiger partial charge in [-0.2, -0.15) is 0 Å². The second-order valence-corrected chi connectivity index (χ2v) is 3.75. The largest absolute Gasteiger partial charge is 0.479 e. The summed E-state index contributed by atoms with van der Waals surface area (Å²) in [5.41, 5.74) is 0. The fourth-order valence-corrected chi connectivity index (χ4v) is 1.28. The molecule has 0 aliphatic rings. The summed E-state index contributed by atoms with van der Waals surface area (Å²) in [4.78, 5) is 23.5. The number of carboxylic acids is 1. The van der Waals surface area contributed by atoms with Crippen molar-refractivity contribution in [3.05, 3.63) is 0 Å². The van der Waals surface area contributed by atoms with Crippen molar-refractivity contribution in [2.75, 3.05) is 13.1 Å². The normalized spacial score (nSPS) is 12.3. The van der Waals surface area contributed by atoms with Gasteiger partial charge in [0.05, 0.1) is 0 Å². The molecule has 0 radical (unpaired) electrons. The van der Waals surface area contributed by atoms with E-state index in [1.807, 2.05) is 20.8 Å². The van der Waals surface area contributed by atoms with Crippen molar-refractivity contribution in [2.24, 2.45) is 0 Å². The average molecular weight is 232 g/mol. The first-order valence-corrected chi connectivity index (χ1v) is 5.35. The van der Waals surface area contributed by atoms with E-state index in [-0.39, 0.29) is 25.0 Å². The van der Waals surface area contributed by atoms with Crippen LogP contribution in [-0.2, 0) is 4.79 Å². The summed E-state index contributed by atoms with van der Waals surface area (Å²) in [5.74, 6) is -1.27. The Hall–Kier alpha value is -1.30. The van der Waals surface area contributed by atoms with E-state index in [1.54, 1.807) is 4.90 Å². The van der Waals surface area contributed by atoms with E-state index in [0.717, 1.165) is 0 Å². The smallest absolute Gasteiger partial charge is 0.332 e. The van der Waals surface area contributed by atoms with Crippen LogP contribution in [0.15, 0.2) is 0 Å². The average Bonchev–Trinajstić information content (AvgIpc) is 2.17. The minimum absolute atomic E-state index is 0.0106. The topological polar surface area (TPSA) is 89.9 Å². The predicted octanol–water partition coefficient (Wildman–Crippen LogP) is 0.262. The minimum Gasteiger partial charge on any atom is -0.479 e. The highest BCUT2D eigenvalue weighted by Crippen LogP contribution is 1.98. The van der Waals surface area contributed by atoms with Crippen LogP contribution < -0.4 is 5.32 Å². The molecule has 0 spiro atoms. The molecule has 3 N–H and O–H groups in total. The van der Waals surface area contributed by atoms with Crippen LogP contribution in [-0.4, -0.2) is 52.3 Å². The van der Waals surface area contributed by atoms with Crippen molar-refractivity contribution in [3.8, 4) is 0 Å². The molecule has 0 heterocycles. The van der Waals surface area contributed by atoms with Crippen LogP contribution in [0, 0.1) is 0 Å². The summed E-state index contributed by atoms with van der Waals surface area (Å²) >= 11 is 0. The van der Waals surface area contributed by atoms with Gasteiger partial charge in [-0.3, -0.25) is 0 Å². The highest BCUT2D eigenvalue weighted by molar-refractivity contribution is 5.75. The van der Waals surface area contributed by atoms with Gasteiger partial charge in [-0.25, -0.2) is 9.59 Å². The summed E-state index contributed by atoms with van der Waals surface area (Å²) in [6.07, 6.45) is -1.41. The molecule has 0 bridgehead atoms. The molecular formula is C10H20N2O4. The maximum atomic E-state index is 11.6. The lowest BCUT2D eigenvalue weighted by molar-refractivity contribution is -0.146. The van der Waals surface area contributed by atoms with Gasteiger partial charge >= 0.3 is 12.0 Å². The van der Waals surface area contributed by atoms with Crippen LogP contribution in [0.1, 0.15) is 27.2 Å². The van der Waals surface area contributed by atoms with Gasteiger partial charge in [0.1, 0.15) is 0 Å². The zero-order valence-corrected chi connectivity index (χ0v) is 9.93. The SMILES string of the molecule is CCN(C(=O)NCCC(O)C(=O)O)C(C)C. The molecule has 0 aliphatic carbocycles. The summed E-state index contributed by atoms with van der Waals surface area (Å²) in [5, 5.41) is 20.0. The third kappa shape index (κ3) is 4.97.